The van der Waals surface area contributed by atoms with Crippen LogP contribution in [0.15, 0.2) is 164 Å². The van der Waals surface area contributed by atoms with E-state index in [9.17, 15) is 0 Å². The molecule has 0 amide bonds. The van der Waals surface area contributed by atoms with Crippen LogP contribution in [0.3, 0.4) is 0 Å². The Hall–Kier alpha value is -0.302. The SMILES string of the molecule is CI.Cc1cc(C)cc(C)c1.Cc1cc(C)cc(C)c1.Cc1cc(C)cc(C)c1.Cc1cc(C)cc(CCc2cc(C)cc(CCc3cc(C)cc(C)c3)c2)c1.Cc1cc(C)cc(CCc2cc(C)cc(CCc3cc(C)cc(C)c3)c2)c1.[I][V]([I])[I].[I][V][I].[V].[V]. The van der Waals surface area contributed by atoms with E-state index in [0.29, 0.717) is 9.47 Å². The summed E-state index contributed by atoms with van der Waals surface area (Å²) in [5.74, 6) is 0. The van der Waals surface area contributed by atoms with Gasteiger partial charge in [0.2, 0.25) is 0 Å². The van der Waals surface area contributed by atoms with E-state index >= 15 is 0 Å². The third kappa shape index (κ3) is 43.3. The van der Waals surface area contributed by atoms with Gasteiger partial charge >= 0.3 is 114 Å². The average molecular weight is 2050 g/mol. The Labute approximate surface area is 665 Å². The van der Waals surface area contributed by atoms with Crippen LogP contribution in [-0.4, -0.2) is 4.93 Å². The van der Waals surface area contributed by atoms with Gasteiger partial charge < -0.3 is 0 Å². The van der Waals surface area contributed by atoms with Crippen molar-refractivity contribution < 1.29 is 51.5 Å². The molecule has 9 aromatic carbocycles. The number of rotatable bonds is 12. The Balaban J connectivity index is 0.00000117. The molecular weight excluding hydrogens is 1950 g/mol. The van der Waals surface area contributed by atoms with Crippen molar-refractivity contribution in [3.05, 3.63) is 314 Å². The summed E-state index contributed by atoms with van der Waals surface area (Å²) in [6, 6.07) is 61.5. The maximum absolute atomic E-state index is 2.46. The first-order chi connectivity index (χ1) is 42.4. The van der Waals surface area contributed by atoms with Crippen molar-refractivity contribution in [2.45, 2.75) is 183 Å². The molecular formula is C82H103I6V4. The zero-order valence-electron chi connectivity index (χ0n) is 58.8. The fourth-order valence-electron chi connectivity index (χ4n) is 12.1. The van der Waals surface area contributed by atoms with Crippen LogP contribution in [0.25, 0.3) is 0 Å². The first-order valence-corrected chi connectivity index (χ1v) is 55.8. The Kier molecular flexibility index (Phi) is 50.8. The van der Waals surface area contributed by atoms with Gasteiger partial charge in [0.05, 0.1) is 0 Å². The molecule has 0 nitrogen and oxygen atoms in total. The molecule has 0 saturated carbocycles. The van der Waals surface area contributed by atoms with Crippen LogP contribution in [0.2, 0.25) is 0 Å². The van der Waals surface area contributed by atoms with Gasteiger partial charge in [0.1, 0.15) is 0 Å². The molecule has 10 heteroatoms. The van der Waals surface area contributed by atoms with Crippen LogP contribution < -0.4 is 0 Å². The van der Waals surface area contributed by atoms with Crippen molar-refractivity contribution in [1.82, 2.24) is 0 Å². The van der Waals surface area contributed by atoms with Gasteiger partial charge in [-0.3, -0.25) is 0 Å². The second-order valence-corrected chi connectivity index (χ2v) is 72.0. The van der Waals surface area contributed by atoms with Gasteiger partial charge in [-0.2, -0.15) is 0 Å². The number of benzene rings is 9. The van der Waals surface area contributed by atoms with Gasteiger partial charge in [-0.05, 0) is 232 Å². The molecule has 0 aliphatic carbocycles. The van der Waals surface area contributed by atoms with E-state index in [2.05, 4.69) is 418 Å². The number of halogens is 6. The fraction of sp³-hybridized carbons (Fsp3) is 0.341. The van der Waals surface area contributed by atoms with Crippen molar-refractivity contribution in [1.29, 1.82) is 0 Å². The van der Waals surface area contributed by atoms with Gasteiger partial charge in [0, 0.05) is 37.1 Å². The van der Waals surface area contributed by atoms with Gasteiger partial charge in [-0.15, -0.1) is 0 Å². The summed E-state index contributed by atoms with van der Waals surface area (Å²) in [6.07, 6.45) is 8.90. The van der Waals surface area contributed by atoms with E-state index < -0.39 is 0 Å². The minimum absolute atomic E-state index is 0. The average Bonchev–Trinajstić information content (AvgIpc) is 2.08. The minimum Gasteiger partial charge on any atom is 0 e. The van der Waals surface area contributed by atoms with Crippen LogP contribution in [0.4, 0.5) is 0 Å². The monoisotopic (exact) mass is 2050 g/mol. The fourth-order valence-corrected chi connectivity index (χ4v) is 12.1. The largest absolute Gasteiger partial charge is 0 e. The van der Waals surface area contributed by atoms with Gasteiger partial charge in [-0.25, -0.2) is 0 Å². The molecule has 0 heterocycles. The zero-order chi connectivity index (χ0) is 67.6. The van der Waals surface area contributed by atoms with E-state index in [4.69, 9.17) is 0 Å². The molecule has 0 unspecified atom stereocenters. The molecule has 2 radical (unpaired) electrons. The third-order valence-electron chi connectivity index (χ3n) is 14.4. The summed E-state index contributed by atoms with van der Waals surface area (Å²) in [5.41, 5.74) is 37.5. The second-order valence-electron chi connectivity index (χ2n) is 24.9. The van der Waals surface area contributed by atoms with Crippen molar-refractivity contribution in [2.75, 3.05) is 4.93 Å². The van der Waals surface area contributed by atoms with Crippen molar-refractivity contribution in [2.24, 2.45) is 0 Å². The molecule has 0 aromatic heterocycles. The second kappa shape index (κ2) is 50.9. The first-order valence-electron chi connectivity index (χ1n) is 31.1. The molecule has 0 atom stereocenters. The Morgan fingerprint density at radius 3 is 0.359 bits per heavy atom. The van der Waals surface area contributed by atoms with Crippen molar-refractivity contribution in [3.63, 3.8) is 0 Å². The van der Waals surface area contributed by atoms with Crippen LogP contribution >= 0.6 is 122 Å². The summed E-state index contributed by atoms with van der Waals surface area (Å²) < 4.78 is 0. The summed E-state index contributed by atoms with van der Waals surface area (Å²) in [7, 11) is 0.628. The Bertz CT molecular complexity index is 2930. The molecule has 0 bridgehead atoms. The summed E-state index contributed by atoms with van der Waals surface area (Å²) in [4.78, 5) is 1.69. The maximum Gasteiger partial charge on any atom is 0 e. The predicted molar refractivity (Wildman–Crippen MR) is 448 cm³/mol. The molecule has 0 saturated heterocycles. The van der Waals surface area contributed by atoms with Crippen molar-refractivity contribution >= 4 is 122 Å². The van der Waals surface area contributed by atoms with Crippen LogP contribution in [0.1, 0.15) is 150 Å². The maximum atomic E-state index is 2.46. The molecule has 0 spiro atoms. The molecule has 0 aliphatic rings. The van der Waals surface area contributed by atoms with Crippen molar-refractivity contribution in [3.8, 4) is 0 Å². The smallest absolute Gasteiger partial charge is 0 e. The summed E-state index contributed by atoms with van der Waals surface area (Å²) in [6.45, 7) is 41.1. The minimum atomic E-state index is -0.278. The van der Waals surface area contributed by atoms with Crippen LogP contribution in [-0.2, 0) is 103 Å². The zero-order valence-corrected chi connectivity index (χ0v) is 77.3. The number of alkyl halides is 1. The molecule has 92 heavy (non-hydrogen) atoms. The molecule has 0 N–H and O–H groups in total. The summed E-state index contributed by atoms with van der Waals surface area (Å²) >= 11 is 14.3. The first kappa shape index (κ1) is 91.7. The van der Waals surface area contributed by atoms with E-state index in [-0.39, 0.29) is 42.0 Å². The van der Waals surface area contributed by atoms with E-state index in [1.165, 1.54) is 150 Å². The van der Waals surface area contributed by atoms with Gasteiger partial charge in [-0.1, -0.05) is 292 Å². The van der Waals surface area contributed by atoms with E-state index in [1.54, 1.807) is 0 Å². The number of hydrogen-bond acceptors (Lipinski definition) is 0. The predicted octanol–water partition coefficient (Wildman–Crippen LogP) is 26.9. The van der Waals surface area contributed by atoms with Gasteiger partial charge in [0.15, 0.2) is 0 Å². The van der Waals surface area contributed by atoms with E-state index in [1.807, 2.05) is 4.93 Å². The molecule has 493 valence electrons. The number of hydrogen-bond donors (Lipinski definition) is 0. The van der Waals surface area contributed by atoms with Crippen LogP contribution in [0, 0.1) is 132 Å². The molecule has 0 aliphatic heterocycles. The molecule has 0 fully saturated rings. The normalized spacial score (nSPS) is 9.90. The van der Waals surface area contributed by atoms with Crippen LogP contribution in [0.5, 0.6) is 0 Å². The Morgan fingerprint density at radius 1 is 0.196 bits per heavy atom. The summed E-state index contributed by atoms with van der Waals surface area (Å²) in [5, 5.41) is 0. The van der Waals surface area contributed by atoms with E-state index in [0.717, 1.165) is 51.4 Å². The molecule has 9 rings (SSSR count). The standard InChI is InChI=1S/2C27H32.3C9H12.CH3I.5HI.4V/c2*1-19-10-20(2)13-24(12-19)6-8-26-16-23(5)17-27(18-26)9-7-25-14-21(3)11-22(4)15-25;3*1-7-4-8(2)6-9(3)5-7;1-2;;;;;;;;;/h2*10-18H,6-9H2,1-5H3;3*4-6H,1-3H3;1H3;5*1H;;;;/q;;;;;;;;;;;;;+2;+3/p-5. The topological polar surface area (TPSA) is 0 Å². The Morgan fingerprint density at radius 2 is 0.261 bits per heavy atom. The third-order valence-corrected chi connectivity index (χ3v) is 14.4. The molecule has 9 aromatic rings. The number of aryl methyl sites for hydroxylation is 27. The van der Waals surface area contributed by atoms with Gasteiger partial charge in [0.25, 0.3) is 0 Å². The quantitative estimate of drug-likeness (QED) is 0.0845.